The van der Waals surface area contributed by atoms with E-state index < -0.39 is 5.97 Å². The van der Waals surface area contributed by atoms with Crippen LogP contribution >= 0.6 is 0 Å². The number of aliphatic hydroxyl groups excluding tert-OH is 1. The van der Waals surface area contributed by atoms with E-state index in [1.165, 1.54) is 0 Å². The normalized spacial score (nSPS) is 16.9. The van der Waals surface area contributed by atoms with Crippen LogP contribution in [-0.2, 0) is 4.79 Å². The number of amides is 2. The summed E-state index contributed by atoms with van der Waals surface area (Å²) in [7, 11) is 1.76. The molecule has 1 saturated heterocycles. The monoisotopic (exact) mass is 272 g/mol. The predicted molar refractivity (Wildman–Crippen MR) is 70.8 cm³/mol. The molecule has 6 heteroatoms. The van der Waals surface area contributed by atoms with E-state index in [1.54, 1.807) is 23.8 Å². The first-order chi connectivity index (χ1) is 8.97. The van der Waals surface area contributed by atoms with Crippen LogP contribution in [0.5, 0.6) is 0 Å². The molecule has 1 unspecified atom stereocenters. The first kappa shape index (κ1) is 15.8. The summed E-state index contributed by atoms with van der Waals surface area (Å²) in [6.45, 7) is 3.63. The van der Waals surface area contributed by atoms with Gasteiger partial charge in [0.15, 0.2) is 0 Å². The van der Waals surface area contributed by atoms with Crippen molar-refractivity contribution in [2.24, 2.45) is 11.8 Å². The molecule has 19 heavy (non-hydrogen) atoms. The largest absolute Gasteiger partial charge is 0.481 e. The van der Waals surface area contributed by atoms with E-state index in [2.05, 4.69) is 0 Å². The number of rotatable bonds is 7. The van der Waals surface area contributed by atoms with Gasteiger partial charge >= 0.3 is 12.0 Å². The van der Waals surface area contributed by atoms with Gasteiger partial charge in [0.25, 0.3) is 0 Å². The highest BCUT2D eigenvalue weighted by molar-refractivity contribution is 5.76. The lowest BCUT2D eigenvalue weighted by Gasteiger charge is -2.42. The smallest absolute Gasteiger partial charge is 0.319 e. The van der Waals surface area contributed by atoms with Crippen molar-refractivity contribution in [1.29, 1.82) is 0 Å². The van der Waals surface area contributed by atoms with Crippen LogP contribution in [0, 0.1) is 11.8 Å². The molecule has 1 heterocycles. The lowest BCUT2D eigenvalue weighted by Crippen LogP contribution is -2.56. The number of carboxylic acids is 1. The fraction of sp³-hybridized carbons (Fsp3) is 0.846. The fourth-order valence-electron chi connectivity index (χ4n) is 2.16. The maximum Gasteiger partial charge on any atom is 0.319 e. The molecular weight excluding hydrogens is 248 g/mol. The molecule has 0 radical (unpaired) electrons. The molecule has 2 N–H and O–H groups in total. The standard InChI is InChI=1S/C13H24N2O4/c1-10(12(17)18)11-8-15(9-11)13(19)14(2)6-4-3-5-7-16/h10-11,16H,3-9H2,1-2H3,(H,17,18). The third-order valence-electron chi connectivity index (χ3n) is 3.76. The van der Waals surface area contributed by atoms with Crippen LogP contribution in [0.15, 0.2) is 0 Å². The van der Waals surface area contributed by atoms with Crippen LogP contribution in [0.4, 0.5) is 4.79 Å². The highest BCUT2D eigenvalue weighted by Gasteiger charge is 2.37. The Morgan fingerprint density at radius 3 is 2.47 bits per heavy atom. The van der Waals surface area contributed by atoms with Crippen molar-refractivity contribution in [2.75, 3.05) is 33.3 Å². The van der Waals surface area contributed by atoms with Crippen molar-refractivity contribution >= 4 is 12.0 Å². The lowest BCUT2D eigenvalue weighted by atomic mass is 9.87. The summed E-state index contributed by atoms with van der Waals surface area (Å²) >= 11 is 0. The molecule has 110 valence electrons. The van der Waals surface area contributed by atoms with Crippen molar-refractivity contribution in [3.63, 3.8) is 0 Å². The number of carbonyl (C=O) groups excluding carboxylic acids is 1. The van der Waals surface area contributed by atoms with E-state index >= 15 is 0 Å². The molecule has 1 atom stereocenters. The van der Waals surface area contributed by atoms with Crippen LogP contribution in [-0.4, -0.2) is 65.3 Å². The summed E-state index contributed by atoms with van der Waals surface area (Å²) in [6, 6.07) is -0.0298. The van der Waals surface area contributed by atoms with Gasteiger partial charge in [0.05, 0.1) is 5.92 Å². The molecule has 0 spiro atoms. The van der Waals surface area contributed by atoms with E-state index in [9.17, 15) is 9.59 Å². The number of carboxylic acid groups (broad SMARTS) is 1. The van der Waals surface area contributed by atoms with E-state index in [0.717, 1.165) is 19.3 Å². The highest BCUT2D eigenvalue weighted by atomic mass is 16.4. The number of urea groups is 1. The van der Waals surface area contributed by atoms with Gasteiger partial charge in [-0.25, -0.2) is 4.79 Å². The number of aliphatic hydroxyl groups is 1. The first-order valence-electron chi connectivity index (χ1n) is 6.81. The Morgan fingerprint density at radius 2 is 1.95 bits per heavy atom. The Kier molecular flexibility index (Phi) is 6.08. The first-order valence-corrected chi connectivity index (χ1v) is 6.81. The number of nitrogens with zero attached hydrogens (tertiary/aromatic N) is 2. The second-order valence-electron chi connectivity index (χ2n) is 5.28. The SMILES string of the molecule is CC(C(=O)O)C1CN(C(=O)N(C)CCCCCO)C1. The third-order valence-corrected chi connectivity index (χ3v) is 3.76. The van der Waals surface area contributed by atoms with Crippen LogP contribution in [0.2, 0.25) is 0 Å². The Bertz CT molecular complexity index is 316. The van der Waals surface area contributed by atoms with Crippen molar-refractivity contribution in [3.05, 3.63) is 0 Å². The van der Waals surface area contributed by atoms with Crippen LogP contribution < -0.4 is 0 Å². The molecule has 1 aliphatic heterocycles. The van der Waals surface area contributed by atoms with Gasteiger partial charge in [-0.3, -0.25) is 4.79 Å². The molecule has 0 aromatic carbocycles. The van der Waals surface area contributed by atoms with Gasteiger partial charge < -0.3 is 20.0 Å². The van der Waals surface area contributed by atoms with E-state index in [1.807, 2.05) is 0 Å². The molecule has 0 bridgehead atoms. The lowest BCUT2D eigenvalue weighted by molar-refractivity contribution is -0.144. The van der Waals surface area contributed by atoms with Crippen molar-refractivity contribution in [1.82, 2.24) is 9.80 Å². The van der Waals surface area contributed by atoms with Crippen molar-refractivity contribution < 1.29 is 19.8 Å². The zero-order valence-electron chi connectivity index (χ0n) is 11.7. The number of unbranched alkanes of at least 4 members (excludes halogenated alkanes) is 2. The number of likely N-dealkylation sites (tertiary alicyclic amines) is 1. The minimum absolute atomic E-state index is 0.0298. The highest BCUT2D eigenvalue weighted by Crippen LogP contribution is 2.24. The molecule has 0 aromatic heterocycles. The van der Waals surface area contributed by atoms with E-state index in [4.69, 9.17) is 10.2 Å². The third kappa shape index (κ3) is 4.38. The topological polar surface area (TPSA) is 81.1 Å². The zero-order valence-corrected chi connectivity index (χ0v) is 11.7. The predicted octanol–water partition coefficient (Wildman–Crippen LogP) is 0.853. The van der Waals surface area contributed by atoms with Gasteiger partial charge in [0.2, 0.25) is 0 Å². The second kappa shape index (κ2) is 7.33. The molecule has 1 rings (SSSR count). The molecule has 0 aromatic rings. The summed E-state index contributed by atoms with van der Waals surface area (Å²) < 4.78 is 0. The molecule has 1 fully saturated rings. The summed E-state index contributed by atoms with van der Waals surface area (Å²) in [6.07, 6.45) is 2.56. The summed E-state index contributed by atoms with van der Waals surface area (Å²) in [5.74, 6) is -1.11. The van der Waals surface area contributed by atoms with Gasteiger partial charge in [0.1, 0.15) is 0 Å². The minimum Gasteiger partial charge on any atom is -0.481 e. The summed E-state index contributed by atoms with van der Waals surface area (Å²) in [5, 5.41) is 17.5. The van der Waals surface area contributed by atoms with Gasteiger partial charge in [-0.2, -0.15) is 0 Å². The quantitative estimate of drug-likeness (QED) is 0.673. The molecule has 1 aliphatic rings. The van der Waals surface area contributed by atoms with Crippen LogP contribution in [0.25, 0.3) is 0 Å². The zero-order chi connectivity index (χ0) is 14.4. The van der Waals surface area contributed by atoms with Gasteiger partial charge in [-0.15, -0.1) is 0 Å². The Labute approximate surface area is 114 Å². The van der Waals surface area contributed by atoms with Crippen LogP contribution in [0.1, 0.15) is 26.2 Å². The van der Waals surface area contributed by atoms with Crippen molar-refractivity contribution in [2.45, 2.75) is 26.2 Å². The second-order valence-corrected chi connectivity index (χ2v) is 5.28. The molecule has 2 amide bonds. The Balaban J connectivity index is 2.23. The van der Waals surface area contributed by atoms with Gasteiger partial charge in [-0.1, -0.05) is 6.92 Å². The molecule has 6 nitrogen and oxygen atoms in total. The maximum atomic E-state index is 12.0. The summed E-state index contributed by atoms with van der Waals surface area (Å²) in [4.78, 5) is 26.2. The molecule has 0 saturated carbocycles. The molecule has 0 aliphatic carbocycles. The van der Waals surface area contributed by atoms with E-state index in [0.29, 0.717) is 19.6 Å². The number of hydrogen-bond acceptors (Lipinski definition) is 3. The average molecular weight is 272 g/mol. The van der Waals surface area contributed by atoms with Crippen LogP contribution in [0.3, 0.4) is 0 Å². The Morgan fingerprint density at radius 1 is 1.32 bits per heavy atom. The fourth-order valence-corrected chi connectivity index (χ4v) is 2.16. The molecular formula is C13H24N2O4. The summed E-state index contributed by atoms with van der Waals surface area (Å²) in [5.41, 5.74) is 0. The van der Waals surface area contributed by atoms with Gasteiger partial charge in [0, 0.05) is 39.2 Å². The number of hydrogen-bond donors (Lipinski definition) is 2. The number of aliphatic carboxylic acids is 1. The minimum atomic E-state index is -0.797. The van der Waals surface area contributed by atoms with E-state index in [-0.39, 0.29) is 24.5 Å². The average Bonchev–Trinajstić information content (AvgIpc) is 2.32. The van der Waals surface area contributed by atoms with Crippen molar-refractivity contribution in [3.8, 4) is 0 Å². The van der Waals surface area contributed by atoms with Gasteiger partial charge in [-0.05, 0) is 19.3 Å². The maximum absolute atomic E-state index is 12.0. The Hall–Kier alpha value is -1.30. The number of carbonyl (C=O) groups is 2.